The van der Waals surface area contributed by atoms with Crippen molar-refractivity contribution in [3.63, 3.8) is 0 Å². The van der Waals surface area contributed by atoms with Crippen LogP contribution in [0.25, 0.3) is 0 Å². The van der Waals surface area contributed by atoms with Crippen molar-refractivity contribution in [2.45, 2.75) is 37.8 Å². The fourth-order valence-corrected chi connectivity index (χ4v) is 4.86. The second-order valence-corrected chi connectivity index (χ2v) is 7.54. The summed E-state index contributed by atoms with van der Waals surface area (Å²) < 4.78 is 0. The van der Waals surface area contributed by atoms with Gasteiger partial charge in [-0.2, -0.15) is 11.8 Å². The quantitative estimate of drug-likeness (QED) is 0.901. The van der Waals surface area contributed by atoms with E-state index in [1.54, 1.807) is 0 Å². The molecule has 1 aromatic rings. The fraction of sp³-hybridized carbons (Fsp3) is 0.714. The molecule has 4 heteroatoms. The fourth-order valence-electron chi connectivity index (χ4n) is 2.78. The van der Waals surface area contributed by atoms with Crippen LogP contribution in [-0.2, 0) is 6.42 Å². The first-order valence-corrected chi connectivity index (χ1v) is 8.74. The van der Waals surface area contributed by atoms with E-state index in [1.165, 1.54) is 29.2 Å². The van der Waals surface area contributed by atoms with E-state index in [2.05, 4.69) is 48.1 Å². The van der Waals surface area contributed by atoms with Crippen molar-refractivity contribution < 1.29 is 0 Å². The van der Waals surface area contributed by atoms with Gasteiger partial charge in [-0.1, -0.05) is 6.07 Å². The molecule has 1 saturated heterocycles. The Morgan fingerprint density at radius 3 is 2.72 bits per heavy atom. The highest BCUT2D eigenvalue weighted by Crippen LogP contribution is 2.32. The van der Waals surface area contributed by atoms with Crippen molar-refractivity contribution in [2.75, 3.05) is 25.1 Å². The monoisotopic (exact) mass is 284 g/mol. The van der Waals surface area contributed by atoms with Gasteiger partial charge < -0.3 is 5.73 Å². The van der Waals surface area contributed by atoms with Crippen LogP contribution in [0.3, 0.4) is 0 Å². The summed E-state index contributed by atoms with van der Waals surface area (Å²) in [4.78, 5) is 4.03. The maximum atomic E-state index is 6.10. The third-order valence-electron chi connectivity index (χ3n) is 4.29. The van der Waals surface area contributed by atoms with Gasteiger partial charge in [-0.05, 0) is 56.2 Å². The first-order chi connectivity index (χ1) is 8.68. The summed E-state index contributed by atoms with van der Waals surface area (Å²) in [6, 6.07) is 4.94. The summed E-state index contributed by atoms with van der Waals surface area (Å²) in [6.45, 7) is 3.12. The SMILES string of the molecule is CC(Cc1cccs1)N(C)C1(CN)CCSCC1. The molecule has 1 atom stereocenters. The largest absolute Gasteiger partial charge is 0.329 e. The van der Waals surface area contributed by atoms with Gasteiger partial charge in [0, 0.05) is 23.0 Å². The predicted molar refractivity (Wildman–Crippen MR) is 83.6 cm³/mol. The van der Waals surface area contributed by atoms with Gasteiger partial charge in [0.1, 0.15) is 0 Å². The Hall–Kier alpha value is -0.0300. The van der Waals surface area contributed by atoms with Crippen LogP contribution in [0, 0.1) is 0 Å². The molecule has 0 amide bonds. The molecule has 2 N–H and O–H groups in total. The van der Waals surface area contributed by atoms with Crippen LogP contribution in [0.15, 0.2) is 17.5 Å². The van der Waals surface area contributed by atoms with E-state index in [-0.39, 0.29) is 5.54 Å². The highest BCUT2D eigenvalue weighted by atomic mass is 32.2. The summed E-state index contributed by atoms with van der Waals surface area (Å²) in [5, 5.41) is 2.16. The van der Waals surface area contributed by atoms with E-state index in [0.29, 0.717) is 6.04 Å². The number of likely N-dealkylation sites (N-methyl/N-ethyl adjacent to an activating group) is 1. The van der Waals surface area contributed by atoms with E-state index in [0.717, 1.165) is 13.0 Å². The Balaban J connectivity index is 2.01. The van der Waals surface area contributed by atoms with Gasteiger partial charge in [0.25, 0.3) is 0 Å². The molecule has 2 heterocycles. The molecular formula is C14H24N2S2. The van der Waals surface area contributed by atoms with E-state index in [1.807, 2.05) is 11.3 Å². The summed E-state index contributed by atoms with van der Waals surface area (Å²) >= 11 is 3.93. The van der Waals surface area contributed by atoms with E-state index >= 15 is 0 Å². The van der Waals surface area contributed by atoms with Crippen molar-refractivity contribution in [1.82, 2.24) is 4.90 Å². The zero-order valence-corrected chi connectivity index (χ0v) is 13.0. The predicted octanol–water partition coefficient (Wildman–Crippen LogP) is 2.84. The minimum Gasteiger partial charge on any atom is -0.329 e. The van der Waals surface area contributed by atoms with E-state index < -0.39 is 0 Å². The molecule has 1 aliphatic rings. The Bertz CT molecular complexity index is 345. The Morgan fingerprint density at radius 2 is 2.17 bits per heavy atom. The molecule has 0 aliphatic carbocycles. The number of thioether (sulfide) groups is 1. The molecule has 18 heavy (non-hydrogen) atoms. The minimum atomic E-state index is 0.238. The lowest BCUT2D eigenvalue weighted by Gasteiger charge is -2.46. The third-order valence-corrected chi connectivity index (χ3v) is 6.17. The summed E-state index contributed by atoms with van der Waals surface area (Å²) in [6.07, 6.45) is 3.61. The first kappa shape index (κ1) is 14.4. The molecule has 1 aromatic heterocycles. The second-order valence-electron chi connectivity index (χ2n) is 5.28. The van der Waals surface area contributed by atoms with Crippen LogP contribution >= 0.6 is 23.1 Å². The Morgan fingerprint density at radius 1 is 1.44 bits per heavy atom. The van der Waals surface area contributed by atoms with Crippen molar-refractivity contribution in [3.8, 4) is 0 Å². The first-order valence-electron chi connectivity index (χ1n) is 6.71. The minimum absolute atomic E-state index is 0.238. The maximum absolute atomic E-state index is 6.10. The number of thiophene rings is 1. The Labute approximate surface area is 119 Å². The molecule has 0 radical (unpaired) electrons. The van der Waals surface area contributed by atoms with Crippen LogP contribution in [0.4, 0.5) is 0 Å². The molecular weight excluding hydrogens is 260 g/mol. The average Bonchev–Trinajstić information content (AvgIpc) is 2.91. The lowest BCUT2D eigenvalue weighted by atomic mass is 9.88. The van der Waals surface area contributed by atoms with Gasteiger partial charge in [0.05, 0.1) is 0 Å². The van der Waals surface area contributed by atoms with Gasteiger partial charge >= 0.3 is 0 Å². The highest BCUT2D eigenvalue weighted by molar-refractivity contribution is 7.99. The van der Waals surface area contributed by atoms with Crippen LogP contribution in [0.2, 0.25) is 0 Å². The van der Waals surface area contributed by atoms with Crippen molar-refractivity contribution >= 4 is 23.1 Å². The zero-order valence-electron chi connectivity index (χ0n) is 11.4. The van der Waals surface area contributed by atoms with Gasteiger partial charge in [-0.25, -0.2) is 0 Å². The van der Waals surface area contributed by atoms with Gasteiger partial charge in [0.15, 0.2) is 0 Å². The molecule has 0 aromatic carbocycles. The lowest BCUT2D eigenvalue weighted by Crippen LogP contribution is -2.57. The van der Waals surface area contributed by atoms with Crippen LogP contribution in [-0.4, -0.2) is 41.6 Å². The van der Waals surface area contributed by atoms with E-state index in [4.69, 9.17) is 5.73 Å². The lowest BCUT2D eigenvalue weighted by molar-refractivity contribution is 0.0762. The molecule has 1 unspecified atom stereocenters. The number of rotatable bonds is 5. The van der Waals surface area contributed by atoms with Gasteiger partial charge in [-0.3, -0.25) is 4.90 Å². The van der Waals surface area contributed by atoms with E-state index in [9.17, 15) is 0 Å². The smallest absolute Gasteiger partial charge is 0.0347 e. The number of nitrogens with two attached hydrogens (primary N) is 1. The second kappa shape index (κ2) is 6.42. The van der Waals surface area contributed by atoms with Crippen molar-refractivity contribution in [2.24, 2.45) is 5.73 Å². The summed E-state index contributed by atoms with van der Waals surface area (Å²) in [5.41, 5.74) is 6.34. The molecule has 0 bridgehead atoms. The van der Waals surface area contributed by atoms with Gasteiger partial charge in [-0.15, -0.1) is 11.3 Å². The number of hydrogen-bond acceptors (Lipinski definition) is 4. The zero-order chi connectivity index (χ0) is 13.0. The third kappa shape index (κ3) is 3.10. The molecule has 1 fully saturated rings. The average molecular weight is 284 g/mol. The Kier molecular flexibility index (Phi) is 5.13. The highest BCUT2D eigenvalue weighted by Gasteiger charge is 2.37. The topological polar surface area (TPSA) is 29.3 Å². The van der Waals surface area contributed by atoms with Crippen LogP contribution < -0.4 is 5.73 Å². The standard InChI is InChI=1S/C14H24N2S2/c1-12(10-13-4-3-7-18-13)16(2)14(11-15)5-8-17-9-6-14/h3-4,7,12H,5-6,8-11,15H2,1-2H3. The van der Waals surface area contributed by atoms with Crippen molar-refractivity contribution in [1.29, 1.82) is 0 Å². The molecule has 102 valence electrons. The molecule has 0 spiro atoms. The maximum Gasteiger partial charge on any atom is 0.0347 e. The summed E-state index contributed by atoms with van der Waals surface area (Å²) in [7, 11) is 2.26. The molecule has 2 rings (SSSR count). The van der Waals surface area contributed by atoms with Crippen LogP contribution in [0.5, 0.6) is 0 Å². The molecule has 0 saturated carbocycles. The van der Waals surface area contributed by atoms with Gasteiger partial charge in [0.2, 0.25) is 0 Å². The molecule has 2 nitrogen and oxygen atoms in total. The van der Waals surface area contributed by atoms with Crippen molar-refractivity contribution in [3.05, 3.63) is 22.4 Å². The number of hydrogen-bond donors (Lipinski definition) is 1. The van der Waals surface area contributed by atoms with Crippen LogP contribution in [0.1, 0.15) is 24.6 Å². The normalized spacial score (nSPS) is 21.1. The number of nitrogens with zero attached hydrogens (tertiary/aromatic N) is 1. The summed E-state index contributed by atoms with van der Waals surface area (Å²) in [5.74, 6) is 2.51. The molecule has 1 aliphatic heterocycles.